The number of carbonyl (C=O) groups excluding carboxylic acids is 1. The van der Waals surface area contributed by atoms with Gasteiger partial charge in [-0.05, 0) is 24.3 Å². The van der Waals surface area contributed by atoms with Crippen molar-refractivity contribution in [2.75, 3.05) is 11.9 Å². The standard InChI is InChI=1S/C14H10FN3O3/c15-11-8-10(4-3-9(11)2-1-7-19)14(21)16-12-5-6-13(20)18-17-12/h3-6,8,19H,7H2,(H,18,20)(H,16,17,21). The third kappa shape index (κ3) is 3.75. The maximum atomic E-state index is 13.7. The highest BCUT2D eigenvalue weighted by Gasteiger charge is 2.10. The highest BCUT2D eigenvalue weighted by Crippen LogP contribution is 2.11. The molecule has 0 fully saturated rings. The van der Waals surface area contributed by atoms with Gasteiger partial charge < -0.3 is 10.4 Å². The first kappa shape index (κ1) is 14.4. The van der Waals surface area contributed by atoms with Crippen LogP contribution in [-0.4, -0.2) is 27.8 Å². The van der Waals surface area contributed by atoms with Gasteiger partial charge in [0.2, 0.25) is 0 Å². The summed E-state index contributed by atoms with van der Waals surface area (Å²) in [7, 11) is 0. The van der Waals surface area contributed by atoms with Gasteiger partial charge >= 0.3 is 0 Å². The molecule has 2 aromatic rings. The molecule has 1 aromatic heterocycles. The summed E-state index contributed by atoms with van der Waals surface area (Å²) in [6.45, 7) is -0.375. The monoisotopic (exact) mass is 287 g/mol. The Morgan fingerprint density at radius 1 is 1.38 bits per heavy atom. The molecule has 106 valence electrons. The summed E-state index contributed by atoms with van der Waals surface area (Å²) in [5.41, 5.74) is -0.233. The lowest BCUT2D eigenvalue weighted by molar-refractivity contribution is 0.102. The summed E-state index contributed by atoms with van der Waals surface area (Å²) in [4.78, 5) is 22.7. The number of carbonyl (C=O) groups is 1. The second-order valence-electron chi connectivity index (χ2n) is 3.92. The SMILES string of the molecule is O=C(Nc1ccc(=O)[nH]n1)c1ccc(C#CCO)c(F)c1. The summed E-state index contributed by atoms with van der Waals surface area (Å²) in [5, 5.41) is 16.7. The van der Waals surface area contributed by atoms with Crippen LogP contribution in [-0.2, 0) is 0 Å². The minimum absolute atomic E-state index is 0.0787. The van der Waals surface area contributed by atoms with Gasteiger partial charge in [0.05, 0.1) is 5.56 Å². The lowest BCUT2D eigenvalue weighted by Gasteiger charge is -2.04. The molecule has 21 heavy (non-hydrogen) atoms. The Labute approximate surface area is 118 Å². The van der Waals surface area contributed by atoms with Crippen LogP contribution in [0.3, 0.4) is 0 Å². The van der Waals surface area contributed by atoms with Crippen LogP contribution in [0.25, 0.3) is 0 Å². The normalized spacial score (nSPS) is 9.62. The molecule has 2 rings (SSSR count). The number of hydrogen-bond acceptors (Lipinski definition) is 4. The van der Waals surface area contributed by atoms with E-state index in [4.69, 9.17) is 5.11 Å². The van der Waals surface area contributed by atoms with Crippen molar-refractivity contribution in [3.05, 3.63) is 57.6 Å². The van der Waals surface area contributed by atoms with E-state index in [2.05, 4.69) is 27.4 Å². The van der Waals surface area contributed by atoms with Crippen molar-refractivity contribution in [3.63, 3.8) is 0 Å². The second-order valence-corrected chi connectivity index (χ2v) is 3.92. The molecule has 1 aromatic carbocycles. The number of halogens is 1. The van der Waals surface area contributed by atoms with Gasteiger partial charge in [-0.1, -0.05) is 11.8 Å². The van der Waals surface area contributed by atoms with E-state index in [0.29, 0.717) is 0 Å². The Kier molecular flexibility index (Phi) is 4.43. The second kappa shape index (κ2) is 6.45. The molecule has 0 aliphatic heterocycles. The van der Waals surface area contributed by atoms with Gasteiger partial charge in [-0.2, -0.15) is 5.10 Å². The molecule has 1 amide bonds. The van der Waals surface area contributed by atoms with Crippen LogP contribution >= 0.6 is 0 Å². The van der Waals surface area contributed by atoms with Gasteiger partial charge in [0, 0.05) is 11.6 Å². The smallest absolute Gasteiger partial charge is 0.264 e. The van der Waals surface area contributed by atoms with Gasteiger partial charge in [-0.15, -0.1) is 0 Å². The zero-order chi connectivity index (χ0) is 15.2. The molecule has 0 saturated heterocycles. The zero-order valence-corrected chi connectivity index (χ0v) is 10.7. The van der Waals surface area contributed by atoms with Crippen LogP contribution < -0.4 is 10.9 Å². The van der Waals surface area contributed by atoms with Crippen LogP contribution in [0.2, 0.25) is 0 Å². The molecule has 3 N–H and O–H groups in total. The molecule has 0 radical (unpaired) electrons. The molecule has 6 nitrogen and oxygen atoms in total. The number of nitrogens with one attached hydrogen (secondary N) is 2. The average Bonchev–Trinajstić information content (AvgIpc) is 2.48. The molecular weight excluding hydrogens is 277 g/mol. The maximum absolute atomic E-state index is 13.7. The third-order valence-corrected chi connectivity index (χ3v) is 2.45. The highest BCUT2D eigenvalue weighted by atomic mass is 19.1. The largest absolute Gasteiger partial charge is 0.384 e. The van der Waals surface area contributed by atoms with Crippen molar-refractivity contribution in [2.24, 2.45) is 0 Å². The van der Waals surface area contributed by atoms with Crippen molar-refractivity contribution in [1.29, 1.82) is 0 Å². The number of amides is 1. The average molecular weight is 287 g/mol. The van der Waals surface area contributed by atoms with Crippen LogP contribution in [0.15, 0.2) is 35.1 Å². The minimum atomic E-state index is -0.668. The summed E-state index contributed by atoms with van der Waals surface area (Å²) in [6.07, 6.45) is 0. The maximum Gasteiger partial charge on any atom is 0.264 e. The van der Waals surface area contributed by atoms with Crippen LogP contribution in [0, 0.1) is 17.7 Å². The molecule has 0 spiro atoms. The van der Waals surface area contributed by atoms with Crippen LogP contribution in [0.5, 0.6) is 0 Å². The number of aliphatic hydroxyl groups excluding tert-OH is 1. The zero-order valence-electron chi connectivity index (χ0n) is 10.7. The number of anilines is 1. The van der Waals surface area contributed by atoms with Gasteiger partial charge in [0.15, 0.2) is 5.82 Å². The van der Waals surface area contributed by atoms with E-state index in [1.165, 1.54) is 24.3 Å². The third-order valence-electron chi connectivity index (χ3n) is 2.45. The van der Waals surface area contributed by atoms with E-state index >= 15 is 0 Å². The number of rotatable bonds is 2. The fraction of sp³-hybridized carbons (Fsp3) is 0.0714. The van der Waals surface area contributed by atoms with Crippen LogP contribution in [0.1, 0.15) is 15.9 Å². The lowest BCUT2D eigenvalue weighted by atomic mass is 10.1. The molecule has 0 unspecified atom stereocenters. The van der Waals surface area contributed by atoms with E-state index in [1.807, 2.05) is 0 Å². The van der Waals surface area contributed by atoms with Crippen molar-refractivity contribution >= 4 is 11.7 Å². The van der Waals surface area contributed by atoms with Gasteiger partial charge in [0.1, 0.15) is 12.4 Å². The number of aromatic amines is 1. The Hall–Kier alpha value is -2.98. The summed E-state index contributed by atoms with van der Waals surface area (Å²) in [6, 6.07) is 6.30. The van der Waals surface area contributed by atoms with Crippen molar-refractivity contribution in [2.45, 2.75) is 0 Å². The first-order chi connectivity index (χ1) is 10.1. The van der Waals surface area contributed by atoms with Gasteiger partial charge in [0.25, 0.3) is 11.5 Å². The topological polar surface area (TPSA) is 95.1 Å². The van der Waals surface area contributed by atoms with Crippen molar-refractivity contribution < 1.29 is 14.3 Å². The molecule has 0 aliphatic carbocycles. The van der Waals surface area contributed by atoms with E-state index in [9.17, 15) is 14.0 Å². The number of aromatic nitrogens is 2. The Balaban J connectivity index is 2.18. The highest BCUT2D eigenvalue weighted by molar-refractivity contribution is 6.03. The molecule has 0 atom stereocenters. The van der Waals surface area contributed by atoms with Crippen molar-refractivity contribution in [3.8, 4) is 11.8 Å². The Bertz CT molecular complexity index is 770. The molecule has 0 aliphatic rings. The first-order valence-electron chi connectivity index (χ1n) is 5.86. The van der Waals surface area contributed by atoms with Crippen LogP contribution in [0.4, 0.5) is 10.2 Å². The Morgan fingerprint density at radius 3 is 2.81 bits per heavy atom. The summed E-state index contributed by atoms with van der Waals surface area (Å²) in [5.74, 6) is 3.65. The fourth-order valence-electron chi connectivity index (χ4n) is 1.50. The van der Waals surface area contributed by atoms with Gasteiger partial charge in [-0.25, -0.2) is 9.49 Å². The predicted octanol–water partition coefficient (Wildman–Crippen LogP) is 0.505. The van der Waals surface area contributed by atoms with E-state index < -0.39 is 17.3 Å². The number of hydrogen-bond donors (Lipinski definition) is 3. The number of benzene rings is 1. The molecule has 0 saturated carbocycles. The number of nitrogens with zero attached hydrogens (tertiary/aromatic N) is 1. The molecule has 0 bridgehead atoms. The summed E-state index contributed by atoms with van der Waals surface area (Å²) >= 11 is 0. The van der Waals surface area contributed by atoms with Crippen molar-refractivity contribution in [1.82, 2.24) is 10.2 Å². The number of H-pyrrole nitrogens is 1. The minimum Gasteiger partial charge on any atom is -0.384 e. The molecular formula is C14H10FN3O3. The van der Waals surface area contributed by atoms with E-state index in [0.717, 1.165) is 6.07 Å². The predicted molar refractivity (Wildman–Crippen MR) is 73.2 cm³/mol. The quantitative estimate of drug-likeness (QED) is 0.701. The molecule has 1 heterocycles. The fourth-order valence-corrected chi connectivity index (χ4v) is 1.50. The van der Waals surface area contributed by atoms with E-state index in [1.54, 1.807) is 0 Å². The van der Waals surface area contributed by atoms with Gasteiger partial charge in [-0.3, -0.25) is 9.59 Å². The summed E-state index contributed by atoms with van der Waals surface area (Å²) < 4.78 is 13.7. The Morgan fingerprint density at radius 2 is 2.19 bits per heavy atom. The number of aliphatic hydroxyl groups is 1. The van der Waals surface area contributed by atoms with E-state index in [-0.39, 0.29) is 23.6 Å². The lowest BCUT2D eigenvalue weighted by Crippen LogP contribution is -2.16. The first-order valence-corrected chi connectivity index (χ1v) is 5.86. The molecule has 7 heteroatoms.